The third kappa shape index (κ3) is 1.58. The van der Waals surface area contributed by atoms with Gasteiger partial charge in [0.2, 0.25) is 0 Å². The number of carboxylic acids is 1. The largest absolute Gasteiger partial charge is 0.481 e. The number of alkyl halides is 1. The number of hydrogen-bond donors (Lipinski definition) is 1. The highest BCUT2D eigenvalue weighted by atomic mass is 79.9. The van der Waals surface area contributed by atoms with Crippen molar-refractivity contribution in [3.8, 4) is 0 Å². The molecule has 0 aliphatic heterocycles. The number of rotatable bonds is 2. The van der Waals surface area contributed by atoms with Crippen molar-refractivity contribution in [2.45, 2.75) is 6.42 Å². The van der Waals surface area contributed by atoms with Gasteiger partial charge in [-0.2, -0.15) is 0 Å². The maximum Gasteiger partial charge on any atom is 0.314 e. The average molecular weight is 235 g/mol. The number of carboxylic acid groups (broad SMARTS) is 1. The lowest BCUT2D eigenvalue weighted by atomic mass is 9.83. The first kappa shape index (κ1) is 9.45. The molecule has 1 N–H and O–H groups in total. The Kier molecular flexibility index (Phi) is 2.67. The molecule has 0 aromatic heterocycles. The van der Waals surface area contributed by atoms with Gasteiger partial charge in [0.15, 0.2) is 0 Å². The Bertz CT molecular complexity index is 260. The fourth-order valence-corrected chi connectivity index (χ4v) is 1.68. The smallest absolute Gasteiger partial charge is 0.314 e. The topological polar surface area (TPSA) is 37.3 Å². The predicted octanol–water partition coefficient (Wildman–Crippen LogP) is 2.27. The number of aliphatic carboxylic acids is 1. The summed E-state index contributed by atoms with van der Waals surface area (Å²) in [4.78, 5) is 10.8. The van der Waals surface area contributed by atoms with Gasteiger partial charge in [0.25, 0.3) is 0 Å². The molecule has 0 heterocycles. The molecule has 0 bridgehead atoms. The summed E-state index contributed by atoms with van der Waals surface area (Å²) < 4.78 is 12.8. The second-order valence-electron chi connectivity index (χ2n) is 2.74. The van der Waals surface area contributed by atoms with Gasteiger partial charge in [0.1, 0.15) is 11.2 Å². The van der Waals surface area contributed by atoms with E-state index < -0.39 is 11.4 Å². The molecule has 1 unspecified atom stereocenters. The number of hydrogen-bond acceptors (Lipinski definition) is 1. The van der Waals surface area contributed by atoms with E-state index in [2.05, 4.69) is 15.9 Å². The summed E-state index contributed by atoms with van der Waals surface area (Å²) in [5.41, 5.74) is -1.10. The molecule has 12 heavy (non-hydrogen) atoms. The van der Waals surface area contributed by atoms with Crippen LogP contribution < -0.4 is 0 Å². The zero-order valence-corrected chi connectivity index (χ0v) is 7.84. The van der Waals surface area contributed by atoms with Gasteiger partial charge in [-0.15, -0.1) is 0 Å². The summed E-state index contributed by atoms with van der Waals surface area (Å²) >= 11 is 3.07. The molecule has 1 aliphatic rings. The summed E-state index contributed by atoms with van der Waals surface area (Å²) in [6.07, 6.45) is 4.16. The van der Waals surface area contributed by atoms with Crippen molar-refractivity contribution >= 4 is 21.9 Å². The van der Waals surface area contributed by atoms with Crippen molar-refractivity contribution in [1.29, 1.82) is 0 Å². The molecule has 4 heteroatoms. The van der Waals surface area contributed by atoms with Crippen LogP contribution in [0.5, 0.6) is 0 Å². The zero-order valence-electron chi connectivity index (χ0n) is 6.26. The average Bonchev–Trinajstić information content (AvgIpc) is 2.04. The summed E-state index contributed by atoms with van der Waals surface area (Å²) in [6.45, 7) is 0. The van der Waals surface area contributed by atoms with Crippen molar-refractivity contribution in [2.75, 3.05) is 5.33 Å². The molecule has 0 spiro atoms. The van der Waals surface area contributed by atoms with Gasteiger partial charge in [0, 0.05) is 11.8 Å². The van der Waals surface area contributed by atoms with Crippen LogP contribution in [0, 0.1) is 5.41 Å². The molecule has 1 aliphatic carbocycles. The molecule has 0 saturated carbocycles. The molecule has 2 nitrogen and oxygen atoms in total. The van der Waals surface area contributed by atoms with E-state index in [1.165, 1.54) is 18.2 Å². The minimum Gasteiger partial charge on any atom is -0.481 e. The highest BCUT2D eigenvalue weighted by Gasteiger charge is 2.37. The van der Waals surface area contributed by atoms with Gasteiger partial charge in [-0.25, -0.2) is 4.39 Å². The lowest BCUT2D eigenvalue weighted by Crippen LogP contribution is -2.31. The summed E-state index contributed by atoms with van der Waals surface area (Å²) in [5.74, 6) is -1.39. The number of allylic oxidation sites excluding steroid dienone is 3. The summed E-state index contributed by atoms with van der Waals surface area (Å²) in [6, 6.07) is 0. The molecule has 0 aromatic carbocycles. The second-order valence-corrected chi connectivity index (χ2v) is 3.31. The molecular weight excluding hydrogens is 227 g/mol. The Hall–Kier alpha value is -0.640. The van der Waals surface area contributed by atoms with Crippen LogP contribution in [0.1, 0.15) is 6.42 Å². The third-order valence-corrected chi connectivity index (χ3v) is 2.84. The molecule has 1 atom stereocenters. The first-order chi connectivity index (χ1) is 5.60. The van der Waals surface area contributed by atoms with E-state index in [0.717, 1.165) is 0 Å². The van der Waals surface area contributed by atoms with Crippen molar-refractivity contribution in [1.82, 2.24) is 0 Å². The predicted molar refractivity (Wildman–Crippen MR) is 46.8 cm³/mol. The van der Waals surface area contributed by atoms with E-state index in [1.807, 2.05) is 0 Å². The lowest BCUT2D eigenvalue weighted by Gasteiger charge is -2.24. The lowest BCUT2D eigenvalue weighted by molar-refractivity contribution is -0.145. The van der Waals surface area contributed by atoms with Crippen LogP contribution in [-0.2, 0) is 4.79 Å². The van der Waals surface area contributed by atoms with Gasteiger partial charge in [-0.3, -0.25) is 4.79 Å². The molecule has 1 rings (SSSR count). The fourth-order valence-electron chi connectivity index (χ4n) is 1.05. The highest BCUT2D eigenvalue weighted by Crippen LogP contribution is 2.34. The Balaban J connectivity index is 2.92. The van der Waals surface area contributed by atoms with E-state index in [9.17, 15) is 9.18 Å². The van der Waals surface area contributed by atoms with E-state index in [4.69, 9.17) is 5.11 Å². The van der Waals surface area contributed by atoms with Gasteiger partial charge in [0.05, 0.1) is 0 Å². The fraction of sp³-hybridized carbons (Fsp3) is 0.375. The van der Waals surface area contributed by atoms with Gasteiger partial charge < -0.3 is 5.11 Å². The minimum atomic E-state index is -1.10. The molecule has 0 amide bonds. The Morgan fingerprint density at radius 1 is 1.83 bits per heavy atom. The van der Waals surface area contributed by atoms with Crippen molar-refractivity contribution in [3.63, 3.8) is 0 Å². The van der Waals surface area contributed by atoms with Crippen molar-refractivity contribution < 1.29 is 14.3 Å². The van der Waals surface area contributed by atoms with Crippen LogP contribution in [0.15, 0.2) is 24.1 Å². The molecule has 0 saturated heterocycles. The maximum absolute atomic E-state index is 12.8. The molecular formula is C8H8BrFO2. The summed E-state index contributed by atoms with van der Waals surface area (Å²) in [5, 5.41) is 9.06. The summed E-state index contributed by atoms with van der Waals surface area (Å²) in [7, 11) is 0. The first-order valence-corrected chi connectivity index (χ1v) is 4.56. The van der Waals surface area contributed by atoms with Crippen LogP contribution in [-0.4, -0.2) is 16.4 Å². The quantitative estimate of drug-likeness (QED) is 0.745. The molecule has 0 aromatic rings. The Morgan fingerprint density at radius 3 is 2.83 bits per heavy atom. The first-order valence-electron chi connectivity index (χ1n) is 3.44. The number of carbonyl (C=O) groups is 1. The highest BCUT2D eigenvalue weighted by molar-refractivity contribution is 9.09. The Labute approximate surface area is 77.9 Å². The molecule has 66 valence electrons. The van der Waals surface area contributed by atoms with E-state index in [-0.39, 0.29) is 17.6 Å². The normalized spacial score (nSPS) is 28.3. The van der Waals surface area contributed by atoms with Crippen LogP contribution in [0.3, 0.4) is 0 Å². The maximum atomic E-state index is 12.8. The van der Waals surface area contributed by atoms with Crippen molar-refractivity contribution in [3.05, 3.63) is 24.1 Å². The van der Waals surface area contributed by atoms with Gasteiger partial charge >= 0.3 is 5.97 Å². The molecule has 0 fully saturated rings. The van der Waals surface area contributed by atoms with E-state index >= 15 is 0 Å². The third-order valence-electron chi connectivity index (χ3n) is 1.84. The molecule has 0 radical (unpaired) electrons. The standard InChI is InChI=1S/C8H8BrFO2/c9-5-8(7(11)12)3-1-2-6(10)4-8/h1-3H,4-5H2,(H,11,12). The van der Waals surface area contributed by atoms with Crippen LogP contribution >= 0.6 is 15.9 Å². The Morgan fingerprint density at radius 2 is 2.50 bits per heavy atom. The van der Waals surface area contributed by atoms with Crippen LogP contribution in [0.2, 0.25) is 0 Å². The van der Waals surface area contributed by atoms with Crippen molar-refractivity contribution in [2.24, 2.45) is 5.41 Å². The van der Waals surface area contributed by atoms with E-state index in [1.54, 1.807) is 0 Å². The van der Waals surface area contributed by atoms with Crippen LogP contribution in [0.4, 0.5) is 4.39 Å². The van der Waals surface area contributed by atoms with E-state index in [0.29, 0.717) is 0 Å². The SMILES string of the molecule is O=C(O)C1(CBr)C=CC=C(F)C1. The zero-order chi connectivity index (χ0) is 9.19. The number of halogens is 2. The van der Waals surface area contributed by atoms with Gasteiger partial charge in [-0.05, 0) is 6.08 Å². The second kappa shape index (κ2) is 3.39. The van der Waals surface area contributed by atoms with Gasteiger partial charge in [-0.1, -0.05) is 28.1 Å². The monoisotopic (exact) mass is 234 g/mol. The van der Waals surface area contributed by atoms with Crippen LogP contribution in [0.25, 0.3) is 0 Å². The minimum absolute atomic E-state index is 0.0654.